The number of benzene rings is 1. The summed E-state index contributed by atoms with van der Waals surface area (Å²) in [5, 5.41) is 5.97. The molecule has 6 nitrogen and oxygen atoms in total. The van der Waals surface area contributed by atoms with Crippen LogP contribution in [0.15, 0.2) is 24.3 Å². The van der Waals surface area contributed by atoms with Crippen molar-refractivity contribution in [2.75, 3.05) is 30.4 Å². The number of anilines is 2. The lowest BCUT2D eigenvalue weighted by atomic mass is 10.1. The number of hydrogen-bond acceptors (Lipinski definition) is 3. The van der Waals surface area contributed by atoms with E-state index in [9.17, 15) is 9.59 Å². The first-order valence-corrected chi connectivity index (χ1v) is 9.09. The summed E-state index contributed by atoms with van der Waals surface area (Å²) in [5.74, 6) is 0.0386. The lowest BCUT2D eigenvalue weighted by molar-refractivity contribution is -0.121. The van der Waals surface area contributed by atoms with Crippen molar-refractivity contribution in [2.45, 2.75) is 52.1 Å². The average molecular weight is 346 g/mol. The highest BCUT2D eigenvalue weighted by Crippen LogP contribution is 2.21. The fourth-order valence-electron chi connectivity index (χ4n) is 2.91. The van der Waals surface area contributed by atoms with E-state index in [1.54, 1.807) is 4.90 Å². The molecule has 0 aromatic heterocycles. The second-order valence-electron chi connectivity index (χ2n) is 6.89. The zero-order chi connectivity index (χ0) is 18.4. The smallest absolute Gasteiger partial charge is 0.321 e. The Labute approximate surface area is 150 Å². The Morgan fingerprint density at radius 1 is 1.36 bits per heavy atom. The molecule has 1 aromatic rings. The highest BCUT2D eigenvalue weighted by atomic mass is 16.2. The Morgan fingerprint density at radius 3 is 2.80 bits per heavy atom. The summed E-state index contributed by atoms with van der Waals surface area (Å²) in [6, 6.07) is 8.19. The van der Waals surface area contributed by atoms with Crippen molar-refractivity contribution in [3.63, 3.8) is 0 Å². The molecule has 1 heterocycles. The van der Waals surface area contributed by atoms with Crippen LogP contribution in [0.25, 0.3) is 0 Å². The maximum absolute atomic E-state index is 12.6. The zero-order valence-electron chi connectivity index (χ0n) is 15.7. The number of piperidine rings is 1. The van der Waals surface area contributed by atoms with Crippen LogP contribution in [0.2, 0.25) is 0 Å². The van der Waals surface area contributed by atoms with Crippen molar-refractivity contribution in [3.05, 3.63) is 24.3 Å². The van der Waals surface area contributed by atoms with Gasteiger partial charge in [0.25, 0.3) is 0 Å². The van der Waals surface area contributed by atoms with Gasteiger partial charge in [0.1, 0.15) is 0 Å². The fourth-order valence-corrected chi connectivity index (χ4v) is 2.91. The molecule has 3 amide bonds. The third-order valence-corrected chi connectivity index (χ3v) is 4.67. The molecule has 0 unspecified atom stereocenters. The van der Waals surface area contributed by atoms with Crippen LogP contribution in [-0.4, -0.2) is 49.1 Å². The second-order valence-corrected chi connectivity index (χ2v) is 6.89. The van der Waals surface area contributed by atoms with E-state index in [2.05, 4.69) is 29.4 Å². The maximum Gasteiger partial charge on any atom is 0.321 e. The number of likely N-dealkylation sites (tertiary alicyclic amines) is 1. The number of carbonyl (C=O) groups is 2. The summed E-state index contributed by atoms with van der Waals surface area (Å²) in [6.45, 7) is 7.37. The summed E-state index contributed by atoms with van der Waals surface area (Å²) in [5.41, 5.74) is 1.86. The largest absolute Gasteiger partial charge is 0.372 e. The van der Waals surface area contributed by atoms with Gasteiger partial charge in [-0.3, -0.25) is 4.79 Å². The van der Waals surface area contributed by atoms with Crippen LogP contribution in [-0.2, 0) is 4.79 Å². The van der Waals surface area contributed by atoms with Crippen molar-refractivity contribution in [1.82, 2.24) is 10.2 Å². The van der Waals surface area contributed by atoms with Crippen molar-refractivity contribution in [1.29, 1.82) is 0 Å². The minimum absolute atomic E-state index is 0.0386. The van der Waals surface area contributed by atoms with Crippen LogP contribution >= 0.6 is 0 Å². The first-order chi connectivity index (χ1) is 11.9. The SMILES string of the molecule is CCC(=O)N[C@@H]1CCCN(C(=O)Nc2cccc(N(C)C(C)C)c2)C1. The van der Waals surface area contributed by atoms with E-state index in [1.807, 2.05) is 38.2 Å². The van der Waals surface area contributed by atoms with Gasteiger partial charge in [-0.25, -0.2) is 4.79 Å². The summed E-state index contributed by atoms with van der Waals surface area (Å²) < 4.78 is 0. The molecule has 0 saturated carbocycles. The lowest BCUT2D eigenvalue weighted by Crippen LogP contribution is -2.50. The quantitative estimate of drug-likeness (QED) is 0.861. The molecule has 2 N–H and O–H groups in total. The number of rotatable bonds is 5. The van der Waals surface area contributed by atoms with Crippen LogP contribution in [0.3, 0.4) is 0 Å². The molecule has 138 valence electrons. The molecule has 0 bridgehead atoms. The third-order valence-electron chi connectivity index (χ3n) is 4.67. The molecule has 25 heavy (non-hydrogen) atoms. The van der Waals surface area contributed by atoms with Gasteiger partial charge < -0.3 is 20.4 Å². The molecular formula is C19H30N4O2. The lowest BCUT2D eigenvalue weighted by Gasteiger charge is -2.33. The van der Waals surface area contributed by atoms with Crippen molar-refractivity contribution >= 4 is 23.3 Å². The Balaban J connectivity index is 1.97. The van der Waals surface area contributed by atoms with Crippen LogP contribution in [0.5, 0.6) is 0 Å². The van der Waals surface area contributed by atoms with Gasteiger partial charge in [-0.05, 0) is 44.9 Å². The highest BCUT2D eigenvalue weighted by Gasteiger charge is 2.24. The van der Waals surface area contributed by atoms with Gasteiger partial charge in [0.2, 0.25) is 5.91 Å². The molecule has 1 aliphatic heterocycles. The van der Waals surface area contributed by atoms with E-state index < -0.39 is 0 Å². The Bertz CT molecular complexity index is 603. The fraction of sp³-hybridized carbons (Fsp3) is 0.579. The summed E-state index contributed by atoms with van der Waals surface area (Å²) in [7, 11) is 2.04. The van der Waals surface area contributed by atoms with E-state index in [1.165, 1.54) is 0 Å². The first kappa shape index (κ1) is 19.1. The number of urea groups is 1. The van der Waals surface area contributed by atoms with Gasteiger partial charge in [-0.15, -0.1) is 0 Å². The Hall–Kier alpha value is -2.24. The molecule has 1 atom stereocenters. The molecule has 1 aromatic carbocycles. The van der Waals surface area contributed by atoms with Crippen molar-refractivity contribution in [2.24, 2.45) is 0 Å². The van der Waals surface area contributed by atoms with Crippen LogP contribution in [0.1, 0.15) is 40.0 Å². The first-order valence-electron chi connectivity index (χ1n) is 9.09. The highest BCUT2D eigenvalue weighted by molar-refractivity contribution is 5.90. The third kappa shape index (κ3) is 5.37. The molecule has 1 saturated heterocycles. The number of nitrogens with one attached hydrogen (secondary N) is 2. The van der Waals surface area contributed by atoms with E-state index in [4.69, 9.17) is 0 Å². The maximum atomic E-state index is 12.6. The number of amides is 3. The van der Waals surface area contributed by atoms with Gasteiger partial charge in [0.15, 0.2) is 0 Å². The predicted molar refractivity (Wildman–Crippen MR) is 102 cm³/mol. The van der Waals surface area contributed by atoms with Gasteiger partial charge in [-0.1, -0.05) is 13.0 Å². The zero-order valence-corrected chi connectivity index (χ0v) is 15.7. The van der Waals surface area contributed by atoms with E-state index >= 15 is 0 Å². The van der Waals surface area contributed by atoms with Crippen molar-refractivity contribution < 1.29 is 9.59 Å². The minimum atomic E-state index is -0.111. The Kier molecular flexibility index (Phi) is 6.67. The average Bonchev–Trinajstić information content (AvgIpc) is 2.61. The molecular weight excluding hydrogens is 316 g/mol. The Morgan fingerprint density at radius 2 is 2.12 bits per heavy atom. The molecule has 1 aliphatic rings. The predicted octanol–water partition coefficient (Wildman–Crippen LogP) is 3.05. The van der Waals surface area contributed by atoms with Crippen LogP contribution < -0.4 is 15.5 Å². The normalized spacial score (nSPS) is 17.3. The van der Waals surface area contributed by atoms with Gasteiger partial charge >= 0.3 is 6.03 Å². The topological polar surface area (TPSA) is 64.7 Å². The molecule has 1 fully saturated rings. The van der Waals surface area contributed by atoms with Gasteiger partial charge in [0.05, 0.1) is 0 Å². The number of nitrogens with zero attached hydrogens (tertiary/aromatic N) is 2. The van der Waals surface area contributed by atoms with E-state index in [-0.39, 0.29) is 18.0 Å². The summed E-state index contributed by atoms with van der Waals surface area (Å²) in [4.78, 5) is 28.1. The summed E-state index contributed by atoms with van der Waals surface area (Å²) >= 11 is 0. The summed E-state index contributed by atoms with van der Waals surface area (Å²) in [6.07, 6.45) is 2.29. The molecule has 6 heteroatoms. The van der Waals surface area contributed by atoms with Crippen LogP contribution in [0, 0.1) is 0 Å². The van der Waals surface area contributed by atoms with E-state index in [0.29, 0.717) is 19.0 Å². The second kappa shape index (κ2) is 8.74. The number of hydrogen-bond donors (Lipinski definition) is 2. The minimum Gasteiger partial charge on any atom is -0.372 e. The molecule has 0 aliphatic carbocycles. The van der Waals surface area contributed by atoms with E-state index in [0.717, 1.165) is 30.8 Å². The monoisotopic (exact) mass is 346 g/mol. The number of carbonyl (C=O) groups excluding carboxylic acids is 2. The molecule has 0 spiro atoms. The van der Waals surface area contributed by atoms with Crippen LogP contribution in [0.4, 0.5) is 16.2 Å². The standard InChI is InChI=1S/C19H30N4O2/c1-5-18(24)20-16-9-7-11-23(13-16)19(25)21-15-8-6-10-17(12-15)22(4)14(2)3/h6,8,10,12,14,16H,5,7,9,11,13H2,1-4H3,(H,20,24)(H,21,25)/t16-/m1/s1. The van der Waals surface area contributed by atoms with Crippen molar-refractivity contribution in [3.8, 4) is 0 Å². The molecule has 2 rings (SSSR count). The van der Waals surface area contributed by atoms with Gasteiger partial charge in [-0.2, -0.15) is 0 Å². The molecule has 0 radical (unpaired) electrons. The van der Waals surface area contributed by atoms with Gasteiger partial charge in [0, 0.05) is 50.0 Å².